The summed E-state index contributed by atoms with van der Waals surface area (Å²) in [4.78, 5) is 30.8. The lowest BCUT2D eigenvalue weighted by atomic mass is 9.96. The van der Waals surface area contributed by atoms with Gasteiger partial charge in [-0.05, 0) is 45.2 Å². The van der Waals surface area contributed by atoms with Crippen LogP contribution < -0.4 is 5.32 Å². The van der Waals surface area contributed by atoms with E-state index in [0.717, 1.165) is 5.56 Å². The largest absolute Gasteiger partial charge is 0.336 e. The molecule has 1 N–H and O–H groups in total. The molecule has 2 heterocycles. The summed E-state index contributed by atoms with van der Waals surface area (Å²) < 4.78 is 0. The quantitative estimate of drug-likeness (QED) is 0.480. The van der Waals surface area contributed by atoms with Gasteiger partial charge in [-0.15, -0.1) is 0 Å². The molecular formula is C18H22N4O2S2. The Kier molecular flexibility index (Phi) is 4.31. The molecule has 0 spiro atoms. The summed E-state index contributed by atoms with van der Waals surface area (Å²) in [6.07, 6.45) is -0.249. The molecule has 2 aliphatic heterocycles. The number of hydrogen-bond acceptors (Lipinski definition) is 4. The van der Waals surface area contributed by atoms with Crippen molar-refractivity contribution in [2.24, 2.45) is 0 Å². The highest BCUT2D eigenvalue weighted by Crippen LogP contribution is 2.45. The molecular weight excluding hydrogens is 368 g/mol. The maximum atomic E-state index is 13.0. The number of benzene rings is 1. The first-order valence-electron chi connectivity index (χ1n) is 8.30. The van der Waals surface area contributed by atoms with Gasteiger partial charge >= 0.3 is 0 Å². The molecule has 8 heteroatoms. The zero-order valence-corrected chi connectivity index (χ0v) is 17.1. The van der Waals surface area contributed by atoms with Crippen molar-refractivity contribution in [1.82, 2.24) is 20.0 Å². The topological polar surface area (TPSA) is 55.9 Å². The minimum atomic E-state index is -0.852. The first-order valence-corrected chi connectivity index (χ1v) is 9.12. The van der Waals surface area contributed by atoms with Gasteiger partial charge in [0, 0.05) is 19.7 Å². The summed E-state index contributed by atoms with van der Waals surface area (Å²) in [5.41, 5.74) is 0.0894. The first kappa shape index (κ1) is 18.7. The normalized spacial score (nSPS) is 27.7. The Morgan fingerprint density at radius 3 is 2.23 bits per heavy atom. The molecule has 2 fully saturated rings. The molecule has 1 aromatic rings. The third-order valence-electron chi connectivity index (χ3n) is 5.74. The molecule has 26 heavy (non-hydrogen) atoms. The van der Waals surface area contributed by atoms with Crippen molar-refractivity contribution in [2.45, 2.75) is 38.5 Å². The number of likely N-dealkylation sites (N-methyl/N-ethyl adjacent to an activating group) is 2. The van der Waals surface area contributed by atoms with Crippen LogP contribution in [0, 0.1) is 6.92 Å². The Bertz CT molecular complexity index is 825. The molecule has 2 aliphatic rings. The third-order valence-corrected chi connectivity index (χ3v) is 6.58. The Hall–Kier alpha value is -2.06. The second-order valence-corrected chi connectivity index (χ2v) is 7.87. The van der Waals surface area contributed by atoms with Crippen molar-refractivity contribution in [2.75, 3.05) is 14.1 Å². The van der Waals surface area contributed by atoms with Crippen LogP contribution >= 0.6 is 24.4 Å². The van der Waals surface area contributed by atoms with Crippen LogP contribution in [0.1, 0.15) is 36.2 Å². The summed E-state index contributed by atoms with van der Waals surface area (Å²) in [5.74, 6) is -0.573. The van der Waals surface area contributed by atoms with E-state index in [1.807, 2.05) is 56.8 Å². The average molecular weight is 391 g/mol. The van der Waals surface area contributed by atoms with E-state index in [-0.39, 0.29) is 18.1 Å². The molecule has 3 rings (SSSR count). The van der Waals surface area contributed by atoms with Gasteiger partial charge in [-0.25, -0.2) is 0 Å². The maximum absolute atomic E-state index is 13.0. The fourth-order valence-electron chi connectivity index (χ4n) is 3.70. The number of nitrogens with zero attached hydrogens (tertiary/aromatic N) is 3. The van der Waals surface area contributed by atoms with E-state index in [1.54, 1.807) is 12.1 Å². The van der Waals surface area contributed by atoms with Gasteiger partial charge in [-0.2, -0.15) is 0 Å². The number of carbonyl (C=O) groups excluding carboxylic acids is 2. The van der Waals surface area contributed by atoms with Gasteiger partial charge in [0.25, 0.3) is 0 Å². The predicted octanol–water partition coefficient (Wildman–Crippen LogP) is 1.88. The van der Waals surface area contributed by atoms with Crippen LogP contribution in [0.3, 0.4) is 0 Å². The highest BCUT2D eigenvalue weighted by Gasteiger charge is 2.68. The fourth-order valence-corrected chi connectivity index (χ4v) is 4.53. The van der Waals surface area contributed by atoms with Crippen LogP contribution in [0.15, 0.2) is 24.3 Å². The van der Waals surface area contributed by atoms with E-state index in [2.05, 4.69) is 5.32 Å². The van der Waals surface area contributed by atoms with Gasteiger partial charge in [0.15, 0.2) is 27.3 Å². The van der Waals surface area contributed by atoms with Gasteiger partial charge in [0.2, 0.25) is 5.91 Å². The molecule has 2 atom stereocenters. The van der Waals surface area contributed by atoms with E-state index in [1.165, 1.54) is 4.90 Å². The molecule has 138 valence electrons. The minimum Gasteiger partial charge on any atom is -0.336 e. The number of ketones is 1. The van der Waals surface area contributed by atoms with Gasteiger partial charge in [-0.1, -0.05) is 29.8 Å². The molecule has 0 radical (unpaired) electrons. The molecule has 0 aromatic heterocycles. The smallest absolute Gasteiger partial charge is 0.238 e. The van der Waals surface area contributed by atoms with Gasteiger partial charge in [0.05, 0.1) is 6.42 Å². The minimum absolute atomic E-state index is 0.230. The second kappa shape index (κ2) is 5.99. The number of thiocarbonyl (C=S) groups is 2. The van der Waals surface area contributed by atoms with E-state index in [4.69, 9.17) is 24.4 Å². The monoisotopic (exact) mass is 390 g/mol. The number of rotatable bonds is 3. The number of fused-ring (bicyclic) bond motifs is 1. The lowest BCUT2D eigenvalue weighted by Crippen LogP contribution is -2.64. The summed E-state index contributed by atoms with van der Waals surface area (Å²) >= 11 is 10.9. The van der Waals surface area contributed by atoms with Crippen LogP contribution in [0.4, 0.5) is 0 Å². The highest BCUT2D eigenvalue weighted by atomic mass is 32.1. The van der Waals surface area contributed by atoms with E-state index in [0.29, 0.717) is 15.8 Å². The number of Topliss-reactive ketones (excluding diaryl/α,β-unsaturated/α-hetero) is 1. The van der Waals surface area contributed by atoms with Crippen molar-refractivity contribution in [1.29, 1.82) is 0 Å². The number of aryl methyl sites for hydroxylation is 1. The number of amides is 1. The highest BCUT2D eigenvalue weighted by molar-refractivity contribution is 7.80. The SMILES string of the molecule is Cc1ccc(C(=O)CC(=O)N2C(=S)N(C)[C@]3(C)N(C)C(=S)N[C@]23C)cc1. The molecule has 0 saturated carbocycles. The molecule has 0 unspecified atom stereocenters. The molecule has 1 amide bonds. The summed E-state index contributed by atoms with van der Waals surface area (Å²) in [6.45, 7) is 5.80. The van der Waals surface area contributed by atoms with Crippen molar-refractivity contribution < 1.29 is 9.59 Å². The maximum Gasteiger partial charge on any atom is 0.238 e. The lowest BCUT2D eigenvalue weighted by molar-refractivity contribution is -0.132. The summed E-state index contributed by atoms with van der Waals surface area (Å²) in [5, 5.41) is 4.12. The molecule has 0 aliphatic carbocycles. The first-order chi connectivity index (χ1) is 12.0. The number of hydrogen-bond donors (Lipinski definition) is 1. The predicted molar refractivity (Wildman–Crippen MR) is 108 cm³/mol. The molecule has 1 aromatic carbocycles. The zero-order valence-electron chi connectivity index (χ0n) is 15.5. The third kappa shape index (κ3) is 2.35. The van der Waals surface area contributed by atoms with Gasteiger partial charge in [0.1, 0.15) is 0 Å². The van der Waals surface area contributed by atoms with Crippen molar-refractivity contribution in [3.8, 4) is 0 Å². The molecule has 6 nitrogen and oxygen atoms in total. The van der Waals surface area contributed by atoms with Crippen LogP contribution in [0.2, 0.25) is 0 Å². The summed E-state index contributed by atoms with van der Waals surface area (Å²) in [6, 6.07) is 7.19. The summed E-state index contributed by atoms with van der Waals surface area (Å²) in [7, 11) is 3.70. The van der Waals surface area contributed by atoms with Crippen LogP contribution in [-0.2, 0) is 4.79 Å². The van der Waals surface area contributed by atoms with Gasteiger partial charge < -0.3 is 15.1 Å². The van der Waals surface area contributed by atoms with Crippen molar-refractivity contribution >= 4 is 46.4 Å². The van der Waals surface area contributed by atoms with Crippen LogP contribution in [0.25, 0.3) is 0 Å². The molecule has 2 saturated heterocycles. The number of carbonyl (C=O) groups is 2. The fraction of sp³-hybridized carbons (Fsp3) is 0.444. The lowest BCUT2D eigenvalue weighted by Gasteiger charge is -2.41. The Labute approximate surface area is 164 Å². The van der Waals surface area contributed by atoms with E-state index in [9.17, 15) is 9.59 Å². The van der Waals surface area contributed by atoms with Crippen molar-refractivity contribution in [3.63, 3.8) is 0 Å². The Balaban J connectivity index is 1.89. The number of nitrogens with one attached hydrogen (secondary N) is 1. The van der Waals surface area contributed by atoms with Gasteiger partial charge in [-0.3, -0.25) is 14.5 Å². The van der Waals surface area contributed by atoms with Crippen LogP contribution in [-0.4, -0.2) is 62.0 Å². The Morgan fingerprint density at radius 1 is 1.08 bits per heavy atom. The van der Waals surface area contributed by atoms with E-state index >= 15 is 0 Å². The van der Waals surface area contributed by atoms with Crippen molar-refractivity contribution in [3.05, 3.63) is 35.4 Å². The Morgan fingerprint density at radius 2 is 1.65 bits per heavy atom. The van der Waals surface area contributed by atoms with E-state index < -0.39 is 11.3 Å². The molecule has 0 bridgehead atoms. The second-order valence-electron chi connectivity index (χ2n) is 7.12. The zero-order chi connectivity index (χ0) is 19.4. The van der Waals surface area contributed by atoms with Crippen LogP contribution in [0.5, 0.6) is 0 Å². The standard InChI is InChI=1S/C18H22N4O2S2/c1-11-6-8-12(9-7-11)13(23)10-14(24)22-16(26)21(5)18(3)17(22,2)19-15(25)20(18)4/h6-9H,10H2,1-5H3,(H,19,25)/t17-,18+/m1/s1. The average Bonchev–Trinajstić information content (AvgIpc) is 2.84.